The maximum absolute atomic E-state index is 12.8. The monoisotopic (exact) mass is 499 g/mol. The van der Waals surface area contributed by atoms with Crippen molar-refractivity contribution in [3.63, 3.8) is 0 Å². The molecule has 34 heavy (non-hydrogen) atoms. The van der Waals surface area contributed by atoms with Crippen molar-refractivity contribution in [2.24, 2.45) is 16.0 Å². The smallest absolute Gasteiger partial charge is 0.283 e. The van der Waals surface area contributed by atoms with Crippen LogP contribution in [0.4, 0.5) is 0 Å². The second-order valence-electron chi connectivity index (χ2n) is 8.42. The van der Waals surface area contributed by atoms with Gasteiger partial charge in [0.2, 0.25) is 19.4 Å². The van der Waals surface area contributed by atoms with Crippen molar-refractivity contribution in [2.75, 3.05) is 12.9 Å². The van der Waals surface area contributed by atoms with E-state index in [1.165, 1.54) is 0 Å². The summed E-state index contributed by atoms with van der Waals surface area (Å²) < 4.78 is 32.3. The summed E-state index contributed by atoms with van der Waals surface area (Å²) in [4.78, 5) is 16.8. The summed E-state index contributed by atoms with van der Waals surface area (Å²) in [6, 6.07) is 9.55. The van der Waals surface area contributed by atoms with Gasteiger partial charge in [-0.1, -0.05) is 13.8 Å². The summed E-state index contributed by atoms with van der Waals surface area (Å²) in [7, 11) is -2.02. The number of methoxy groups -OCH3 is 1. The quantitative estimate of drug-likeness (QED) is 0.626. The molecule has 0 saturated heterocycles. The molecule has 4 rings (SSSR count). The van der Waals surface area contributed by atoms with E-state index in [0.717, 1.165) is 45.2 Å². The molecule has 0 saturated carbocycles. The number of thioether (sulfide) groups is 1. The Morgan fingerprint density at radius 1 is 1.21 bits per heavy atom. The number of hydrogen-bond acceptors (Lipinski definition) is 7. The number of nitrogens with one attached hydrogen (secondary N) is 1. The molecule has 0 spiro atoms. The van der Waals surface area contributed by atoms with E-state index in [4.69, 9.17) is 10.1 Å². The van der Waals surface area contributed by atoms with Crippen molar-refractivity contribution in [3.05, 3.63) is 52.9 Å². The van der Waals surface area contributed by atoms with Crippen LogP contribution in [0, 0.1) is 25.2 Å². The van der Waals surface area contributed by atoms with Crippen LogP contribution in [0.15, 0.2) is 46.0 Å². The molecule has 1 aromatic carbocycles. The van der Waals surface area contributed by atoms with E-state index >= 15 is 0 Å². The van der Waals surface area contributed by atoms with Crippen molar-refractivity contribution >= 4 is 49.0 Å². The van der Waals surface area contributed by atoms with E-state index in [2.05, 4.69) is 10.1 Å². The number of aliphatic imine (C=N–C) groups is 1. The summed E-state index contributed by atoms with van der Waals surface area (Å²) in [5.74, 6) is -0.198. The van der Waals surface area contributed by atoms with Gasteiger partial charge in [0.25, 0.3) is 5.91 Å². The van der Waals surface area contributed by atoms with Gasteiger partial charge in [-0.25, -0.2) is 8.42 Å². The molecule has 1 amide bonds. The average Bonchev–Trinajstić information content (AvgIpc) is 3.32. The Kier molecular flexibility index (Phi) is 6.26. The zero-order chi connectivity index (χ0) is 24.8. The SMILES string of the molecule is COc1ccc(-n2c(C)cc(/C=C3\C(=N)N4N=C(S(=O)(=O)CC(C)C)SC4=NC3=O)c2C)cc1. The summed E-state index contributed by atoms with van der Waals surface area (Å²) in [6.07, 6.45) is 1.61. The zero-order valence-electron chi connectivity index (χ0n) is 19.5. The number of sulfone groups is 1. The number of carbonyl (C=O) groups excluding carboxylic acids is 1. The number of benzene rings is 1. The number of aryl methyl sites for hydroxylation is 1. The average molecular weight is 500 g/mol. The normalized spacial score (nSPS) is 17.4. The van der Waals surface area contributed by atoms with Gasteiger partial charge in [-0.3, -0.25) is 10.2 Å². The van der Waals surface area contributed by atoms with Gasteiger partial charge in [0.05, 0.1) is 18.4 Å². The van der Waals surface area contributed by atoms with E-state index in [-0.39, 0.29) is 32.6 Å². The number of fused-ring (bicyclic) bond motifs is 1. The molecular formula is C23H25N5O4S2. The standard InChI is InChI=1S/C23H25N5O4S2/c1-13(2)12-34(30,31)23-26-28-20(24)19(21(29)25-22(28)33-23)11-16-10-14(3)27(15(16)4)17-6-8-18(32-5)9-7-17/h6-11,13,24H,12H2,1-5H3/b19-11+,24-20?. The van der Waals surface area contributed by atoms with Crippen LogP contribution in [0.5, 0.6) is 5.75 Å². The second-order valence-corrected chi connectivity index (χ2v) is 11.6. The molecule has 11 heteroatoms. The van der Waals surface area contributed by atoms with Gasteiger partial charge in [-0.15, -0.1) is 5.10 Å². The van der Waals surface area contributed by atoms with Crippen LogP contribution in [0.1, 0.15) is 30.8 Å². The lowest BCUT2D eigenvalue weighted by atomic mass is 10.1. The van der Waals surface area contributed by atoms with Gasteiger partial charge in [0, 0.05) is 17.1 Å². The topological polar surface area (TPSA) is 117 Å². The lowest BCUT2D eigenvalue weighted by Gasteiger charge is -2.20. The highest BCUT2D eigenvalue weighted by atomic mass is 32.3. The number of amidine groups is 2. The Morgan fingerprint density at radius 3 is 2.50 bits per heavy atom. The Balaban J connectivity index is 1.69. The van der Waals surface area contributed by atoms with Crippen molar-refractivity contribution in [1.29, 1.82) is 5.41 Å². The van der Waals surface area contributed by atoms with E-state index < -0.39 is 15.7 Å². The molecule has 2 aliphatic heterocycles. The highest BCUT2D eigenvalue weighted by molar-refractivity contribution is 8.42. The van der Waals surface area contributed by atoms with Crippen molar-refractivity contribution < 1.29 is 17.9 Å². The largest absolute Gasteiger partial charge is 0.497 e. The lowest BCUT2D eigenvalue weighted by Crippen LogP contribution is -2.35. The third-order valence-electron chi connectivity index (χ3n) is 5.36. The summed E-state index contributed by atoms with van der Waals surface area (Å²) in [5, 5.41) is 13.9. The van der Waals surface area contributed by atoms with Gasteiger partial charge < -0.3 is 9.30 Å². The number of nitrogens with zero attached hydrogens (tertiary/aromatic N) is 4. The van der Waals surface area contributed by atoms with Crippen molar-refractivity contribution in [3.8, 4) is 11.4 Å². The molecule has 2 aromatic rings. The van der Waals surface area contributed by atoms with Crippen LogP contribution in [0.3, 0.4) is 0 Å². The van der Waals surface area contributed by atoms with E-state index in [9.17, 15) is 13.2 Å². The molecule has 0 atom stereocenters. The van der Waals surface area contributed by atoms with Crippen molar-refractivity contribution in [2.45, 2.75) is 27.7 Å². The van der Waals surface area contributed by atoms with Crippen LogP contribution in [0.25, 0.3) is 11.8 Å². The first kappa shape index (κ1) is 24.0. The number of hydrogen-bond donors (Lipinski definition) is 1. The van der Waals surface area contributed by atoms with E-state index in [1.54, 1.807) is 27.0 Å². The molecule has 1 N–H and O–H groups in total. The van der Waals surface area contributed by atoms with Gasteiger partial charge in [0.1, 0.15) is 5.75 Å². The molecule has 0 radical (unpaired) electrons. The minimum atomic E-state index is -3.63. The fourth-order valence-corrected chi connectivity index (χ4v) is 6.62. The van der Waals surface area contributed by atoms with Crippen LogP contribution in [-0.2, 0) is 14.6 Å². The second kappa shape index (κ2) is 8.88. The maximum Gasteiger partial charge on any atom is 0.283 e. The van der Waals surface area contributed by atoms with Crippen LogP contribution >= 0.6 is 11.8 Å². The van der Waals surface area contributed by atoms with Crippen LogP contribution in [-0.4, -0.2) is 52.1 Å². The lowest BCUT2D eigenvalue weighted by molar-refractivity contribution is -0.114. The highest BCUT2D eigenvalue weighted by Gasteiger charge is 2.40. The van der Waals surface area contributed by atoms with E-state index in [0.29, 0.717) is 0 Å². The number of ether oxygens (including phenoxy) is 1. The van der Waals surface area contributed by atoms with Crippen LogP contribution < -0.4 is 4.74 Å². The maximum atomic E-state index is 12.8. The Morgan fingerprint density at radius 2 is 1.88 bits per heavy atom. The Labute approximate surface area is 202 Å². The fourth-order valence-electron chi connectivity index (χ4n) is 3.83. The predicted molar refractivity (Wildman–Crippen MR) is 135 cm³/mol. The first-order valence-corrected chi connectivity index (χ1v) is 13.0. The number of amides is 1. The third-order valence-corrected chi connectivity index (χ3v) is 8.79. The van der Waals surface area contributed by atoms with E-state index in [1.807, 2.05) is 48.7 Å². The Bertz CT molecular complexity index is 1380. The minimum Gasteiger partial charge on any atom is -0.497 e. The fraction of sp³-hybridized carbons (Fsp3) is 0.304. The molecule has 178 valence electrons. The third kappa shape index (κ3) is 4.32. The van der Waals surface area contributed by atoms with Crippen LogP contribution in [0.2, 0.25) is 0 Å². The highest BCUT2D eigenvalue weighted by Crippen LogP contribution is 2.32. The first-order valence-electron chi connectivity index (χ1n) is 10.6. The molecule has 0 unspecified atom stereocenters. The molecule has 3 heterocycles. The van der Waals surface area contributed by atoms with Gasteiger partial charge in [-0.2, -0.15) is 10.0 Å². The predicted octanol–water partition coefficient (Wildman–Crippen LogP) is 3.75. The molecular weight excluding hydrogens is 474 g/mol. The van der Waals surface area contributed by atoms with Gasteiger partial charge >= 0.3 is 0 Å². The molecule has 0 aliphatic carbocycles. The molecule has 2 aliphatic rings. The number of aromatic nitrogens is 1. The summed E-state index contributed by atoms with van der Waals surface area (Å²) in [6.45, 7) is 7.49. The molecule has 0 bridgehead atoms. The molecule has 0 fully saturated rings. The first-order chi connectivity index (χ1) is 16.0. The minimum absolute atomic E-state index is 0.0468. The van der Waals surface area contributed by atoms with Gasteiger partial charge in [-0.05, 0) is 73.5 Å². The summed E-state index contributed by atoms with van der Waals surface area (Å²) >= 11 is 0.804. The molecule has 1 aromatic heterocycles. The van der Waals surface area contributed by atoms with Crippen molar-refractivity contribution in [1.82, 2.24) is 9.58 Å². The number of rotatable bonds is 5. The number of carbonyl (C=O) groups is 1. The van der Waals surface area contributed by atoms with Gasteiger partial charge in [0.15, 0.2) is 5.84 Å². The number of hydrazone groups is 1. The Hall–Kier alpha value is -3.18. The molecule has 9 nitrogen and oxygen atoms in total. The summed E-state index contributed by atoms with van der Waals surface area (Å²) in [5.41, 5.74) is 3.57. The zero-order valence-corrected chi connectivity index (χ0v) is 21.1.